The van der Waals surface area contributed by atoms with Crippen LogP contribution in [-0.2, 0) is 20.2 Å². The van der Waals surface area contributed by atoms with Crippen LogP contribution in [0.15, 0.2) is 47.0 Å². The fourth-order valence-electron chi connectivity index (χ4n) is 2.45. The van der Waals surface area contributed by atoms with Gasteiger partial charge in [-0.05, 0) is 36.8 Å². The highest BCUT2D eigenvalue weighted by Gasteiger charge is 2.17. The molecule has 0 saturated heterocycles. The summed E-state index contributed by atoms with van der Waals surface area (Å²) in [5.41, 5.74) is 1.50. The van der Waals surface area contributed by atoms with E-state index in [2.05, 4.69) is 10.4 Å². The number of aryl methyl sites for hydroxylation is 2. The smallest absolute Gasteiger partial charge is 0.311 e. The molecule has 2 aromatic heterocycles. The average molecular weight is 370 g/mol. The molecular formula is C18H18N4O5. The average Bonchev–Trinajstić information content (AvgIpc) is 3.27. The maximum atomic E-state index is 12.2. The van der Waals surface area contributed by atoms with E-state index in [9.17, 15) is 14.9 Å². The summed E-state index contributed by atoms with van der Waals surface area (Å²) in [7, 11) is 1.79. The first kappa shape index (κ1) is 18.2. The molecule has 3 aromatic rings. The molecule has 0 aliphatic rings. The molecule has 0 spiro atoms. The van der Waals surface area contributed by atoms with Crippen LogP contribution in [0.3, 0.4) is 0 Å². The van der Waals surface area contributed by atoms with Gasteiger partial charge in [-0.25, -0.2) is 0 Å². The molecule has 0 radical (unpaired) electrons. The lowest BCUT2D eigenvalue weighted by Gasteiger charge is -2.06. The number of nitro groups is 1. The molecule has 1 N–H and O–H groups in total. The summed E-state index contributed by atoms with van der Waals surface area (Å²) in [4.78, 5) is 22.8. The largest absolute Gasteiger partial charge is 0.479 e. The predicted molar refractivity (Wildman–Crippen MR) is 95.3 cm³/mol. The highest BCUT2D eigenvalue weighted by atomic mass is 16.6. The molecule has 0 aliphatic heterocycles. The van der Waals surface area contributed by atoms with Gasteiger partial charge in [-0.3, -0.25) is 19.6 Å². The lowest BCUT2D eigenvalue weighted by Crippen LogP contribution is -2.23. The first-order chi connectivity index (χ1) is 12.9. The van der Waals surface area contributed by atoms with Crippen molar-refractivity contribution >= 4 is 11.6 Å². The van der Waals surface area contributed by atoms with E-state index in [1.165, 1.54) is 18.2 Å². The molecule has 1 amide bonds. The van der Waals surface area contributed by atoms with Crippen LogP contribution in [-0.4, -0.2) is 20.6 Å². The van der Waals surface area contributed by atoms with E-state index in [1.54, 1.807) is 43.0 Å². The zero-order chi connectivity index (χ0) is 19.4. The molecular weight excluding hydrogens is 352 g/mol. The molecule has 3 rings (SSSR count). The highest BCUT2D eigenvalue weighted by molar-refractivity contribution is 5.91. The molecule has 0 fully saturated rings. The third kappa shape index (κ3) is 4.32. The molecule has 2 heterocycles. The van der Waals surface area contributed by atoms with Crippen molar-refractivity contribution in [1.82, 2.24) is 15.1 Å². The Morgan fingerprint density at radius 3 is 2.85 bits per heavy atom. The zero-order valence-corrected chi connectivity index (χ0v) is 14.8. The number of aromatic nitrogens is 2. The summed E-state index contributed by atoms with van der Waals surface area (Å²) in [6.07, 6.45) is 1.65. The van der Waals surface area contributed by atoms with Crippen molar-refractivity contribution in [2.24, 2.45) is 7.05 Å². The van der Waals surface area contributed by atoms with Gasteiger partial charge in [0.05, 0.1) is 17.2 Å². The first-order valence-corrected chi connectivity index (χ1v) is 8.15. The number of furan rings is 1. The fraction of sp³-hybridized carbons (Fsp3) is 0.222. The minimum absolute atomic E-state index is 0.0289. The third-order valence-corrected chi connectivity index (χ3v) is 3.92. The number of nitro benzene ring substituents is 1. The van der Waals surface area contributed by atoms with Crippen molar-refractivity contribution < 1.29 is 18.9 Å². The number of carbonyl (C=O) groups excluding carboxylic acids is 1. The van der Waals surface area contributed by atoms with Crippen molar-refractivity contribution in [3.63, 3.8) is 0 Å². The molecule has 140 valence electrons. The fourth-order valence-corrected chi connectivity index (χ4v) is 2.45. The second-order valence-electron chi connectivity index (χ2n) is 5.91. The number of amides is 1. The number of nitrogens with one attached hydrogen (secondary N) is 1. The molecule has 0 atom stereocenters. The Morgan fingerprint density at radius 1 is 1.33 bits per heavy atom. The Morgan fingerprint density at radius 2 is 2.15 bits per heavy atom. The van der Waals surface area contributed by atoms with E-state index in [1.807, 2.05) is 0 Å². The standard InChI is InChI=1S/C18H18N4O5/c1-12-3-5-16(15(9-12)22(24)25)26-11-14-4-6-17(27-14)18(23)19-10-13-7-8-20-21(13)2/h3-9H,10-11H2,1-2H3,(H,19,23). The Labute approximate surface area is 154 Å². The molecule has 9 nitrogen and oxygen atoms in total. The van der Waals surface area contributed by atoms with E-state index < -0.39 is 4.92 Å². The van der Waals surface area contributed by atoms with Crippen LogP contribution >= 0.6 is 0 Å². The van der Waals surface area contributed by atoms with E-state index in [0.717, 1.165) is 11.3 Å². The van der Waals surface area contributed by atoms with Crippen molar-refractivity contribution in [3.8, 4) is 5.75 Å². The highest BCUT2D eigenvalue weighted by Crippen LogP contribution is 2.28. The summed E-state index contributed by atoms with van der Waals surface area (Å²) in [5.74, 6) is 0.290. The lowest BCUT2D eigenvalue weighted by atomic mass is 10.2. The number of carbonyl (C=O) groups is 1. The predicted octanol–water partition coefficient (Wildman–Crippen LogP) is 2.74. The molecule has 9 heteroatoms. The summed E-state index contributed by atoms with van der Waals surface area (Å²) in [6.45, 7) is 2.05. The van der Waals surface area contributed by atoms with Crippen LogP contribution < -0.4 is 10.1 Å². The third-order valence-electron chi connectivity index (χ3n) is 3.92. The van der Waals surface area contributed by atoms with E-state index >= 15 is 0 Å². The summed E-state index contributed by atoms with van der Waals surface area (Å²) < 4.78 is 12.6. The second-order valence-corrected chi connectivity index (χ2v) is 5.91. The van der Waals surface area contributed by atoms with Gasteiger partial charge in [-0.2, -0.15) is 5.10 Å². The van der Waals surface area contributed by atoms with Crippen molar-refractivity contribution in [1.29, 1.82) is 0 Å². The Bertz CT molecular complexity index is 976. The number of rotatable bonds is 7. The van der Waals surface area contributed by atoms with Gasteiger partial charge < -0.3 is 14.5 Å². The van der Waals surface area contributed by atoms with Crippen molar-refractivity contribution in [2.45, 2.75) is 20.1 Å². The minimum atomic E-state index is -0.498. The molecule has 1 aromatic carbocycles. The monoisotopic (exact) mass is 370 g/mol. The minimum Gasteiger partial charge on any atom is -0.479 e. The summed E-state index contributed by atoms with van der Waals surface area (Å²) in [6, 6.07) is 9.63. The molecule has 0 bridgehead atoms. The summed E-state index contributed by atoms with van der Waals surface area (Å²) in [5, 5.41) is 17.9. The maximum Gasteiger partial charge on any atom is 0.311 e. The van der Waals surface area contributed by atoms with Gasteiger partial charge in [0.2, 0.25) is 0 Å². The van der Waals surface area contributed by atoms with E-state index in [-0.39, 0.29) is 29.7 Å². The zero-order valence-electron chi connectivity index (χ0n) is 14.8. The number of nitrogens with zero attached hydrogens (tertiary/aromatic N) is 3. The van der Waals surface area contributed by atoms with Crippen LogP contribution in [0, 0.1) is 17.0 Å². The SMILES string of the molecule is Cc1ccc(OCc2ccc(C(=O)NCc3ccnn3C)o2)c([N+](=O)[O-])c1. The van der Waals surface area contributed by atoms with Gasteiger partial charge in [0.1, 0.15) is 12.4 Å². The maximum absolute atomic E-state index is 12.2. The second kappa shape index (κ2) is 7.73. The van der Waals surface area contributed by atoms with E-state index in [0.29, 0.717) is 12.3 Å². The number of hydrogen-bond donors (Lipinski definition) is 1. The Kier molecular flexibility index (Phi) is 5.20. The Balaban J connectivity index is 1.60. The van der Waals surface area contributed by atoms with E-state index in [4.69, 9.17) is 9.15 Å². The van der Waals surface area contributed by atoms with Gasteiger partial charge in [0.25, 0.3) is 5.91 Å². The normalized spacial score (nSPS) is 10.6. The van der Waals surface area contributed by atoms with Crippen LogP contribution in [0.5, 0.6) is 5.75 Å². The van der Waals surface area contributed by atoms with Crippen LogP contribution in [0.1, 0.15) is 27.6 Å². The van der Waals surface area contributed by atoms with Crippen LogP contribution in [0.25, 0.3) is 0 Å². The molecule has 0 unspecified atom stereocenters. The van der Waals surface area contributed by atoms with Crippen LogP contribution in [0.2, 0.25) is 0 Å². The molecule has 0 saturated carbocycles. The van der Waals surface area contributed by atoms with Crippen molar-refractivity contribution in [3.05, 3.63) is 75.5 Å². The van der Waals surface area contributed by atoms with Gasteiger partial charge >= 0.3 is 5.69 Å². The van der Waals surface area contributed by atoms with Gasteiger partial charge in [-0.15, -0.1) is 0 Å². The summed E-state index contributed by atoms with van der Waals surface area (Å²) >= 11 is 0. The lowest BCUT2D eigenvalue weighted by molar-refractivity contribution is -0.386. The quantitative estimate of drug-likeness (QED) is 0.505. The van der Waals surface area contributed by atoms with Crippen molar-refractivity contribution in [2.75, 3.05) is 0 Å². The number of hydrogen-bond acceptors (Lipinski definition) is 6. The molecule has 0 aliphatic carbocycles. The Hall–Kier alpha value is -3.62. The van der Waals surface area contributed by atoms with Gasteiger partial charge in [-0.1, -0.05) is 6.07 Å². The topological polar surface area (TPSA) is 112 Å². The van der Waals surface area contributed by atoms with Crippen LogP contribution in [0.4, 0.5) is 5.69 Å². The first-order valence-electron chi connectivity index (χ1n) is 8.15. The number of ether oxygens (including phenoxy) is 1. The number of benzene rings is 1. The van der Waals surface area contributed by atoms with Gasteiger partial charge in [0, 0.05) is 19.3 Å². The van der Waals surface area contributed by atoms with Gasteiger partial charge in [0.15, 0.2) is 11.5 Å². The molecule has 27 heavy (non-hydrogen) atoms.